The fourth-order valence-corrected chi connectivity index (χ4v) is 5.41. The van der Waals surface area contributed by atoms with Crippen LogP contribution in [0.15, 0.2) is 57.5 Å². The molecule has 0 spiro atoms. The van der Waals surface area contributed by atoms with Gasteiger partial charge in [0.2, 0.25) is 0 Å². The van der Waals surface area contributed by atoms with E-state index in [9.17, 15) is 0 Å². The molecule has 2 aromatic rings. The smallest absolute Gasteiger partial charge is 1.00 e. The first-order valence-electron chi connectivity index (χ1n) is 10.1. The van der Waals surface area contributed by atoms with E-state index >= 15 is 0 Å². The SMILES string of the molecule is CCC(C)C1=C(C(c2cc(C)cc(C)c2)c2cc(C)cc(C)c2)CC=[C]1[Ti+3].[Cl-].[Cl-].[Cl-]. The van der Waals surface area contributed by atoms with Crippen molar-refractivity contribution in [2.24, 2.45) is 5.92 Å². The van der Waals surface area contributed by atoms with Gasteiger partial charge in [-0.05, 0) is 0 Å². The van der Waals surface area contributed by atoms with Crippen LogP contribution in [0.2, 0.25) is 0 Å². The van der Waals surface area contributed by atoms with Crippen molar-refractivity contribution in [2.75, 3.05) is 0 Å². The third-order valence-electron chi connectivity index (χ3n) is 5.77. The Balaban J connectivity index is 0.00000280. The van der Waals surface area contributed by atoms with Gasteiger partial charge in [0.15, 0.2) is 0 Å². The Morgan fingerprint density at radius 3 is 1.53 bits per heavy atom. The first-order chi connectivity index (χ1) is 12.8. The number of aryl methyl sites for hydroxylation is 4. The first kappa shape index (κ1) is 29.5. The van der Waals surface area contributed by atoms with Crippen LogP contribution in [0, 0.1) is 33.6 Å². The summed E-state index contributed by atoms with van der Waals surface area (Å²) in [5.74, 6) is 0.956. The summed E-state index contributed by atoms with van der Waals surface area (Å²) in [7, 11) is 0. The molecule has 1 atom stereocenters. The van der Waals surface area contributed by atoms with Crippen molar-refractivity contribution in [3.8, 4) is 0 Å². The minimum absolute atomic E-state index is 0. The maximum absolute atomic E-state index is 2.44. The molecule has 30 heavy (non-hydrogen) atoms. The Kier molecular flexibility index (Phi) is 12.3. The van der Waals surface area contributed by atoms with E-state index in [2.05, 4.69) is 104 Å². The van der Waals surface area contributed by atoms with E-state index in [1.165, 1.54) is 43.7 Å². The van der Waals surface area contributed by atoms with Gasteiger partial charge in [-0.3, -0.25) is 0 Å². The van der Waals surface area contributed by atoms with Crippen LogP contribution < -0.4 is 37.2 Å². The van der Waals surface area contributed by atoms with Gasteiger partial charge in [0.1, 0.15) is 0 Å². The molecule has 2 aromatic carbocycles. The summed E-state index contributed by atoms with van der Waals surface area (Å²) in [6, 6.07) is 14.1. The zero-order valence-corrected chi connectivity index (χ0v) is 22.6. The number of allylic oxidation sites excluding steroid dienone is 4. The molecule has 0 aromatic heterocycles. The Morgan fingerprint density at radius 2 is 1.17 bits per heavy atom. The molecule has 0 heterocycles. The molecule has 0 nitrogen and oxygen atoms in total. The molecule has 1 unspecified atom stereocenters. The largest absolute Gasteiger partial charge is 1.00 e. The van der Waals surface area contributed by atoms with Crippen LogP contribution in [0.4, 0.5) is 0 Å². The van der Waals surface area contributed by atoms with Crippen LogP contribution in [-0.2, 0) is 20.4 Å². The van der Waals surface area contributed by atoms with Crippen molar-refractivity contribution < 1.29 is 57.7 Å². The third kappa shape index (κ3) is 6.50. The molecule has 1 aliphatic carbocycles. The van der Waals surface area contributed by atoms with Gasteiger partial charge < -0.3 is 37.2 Å². The van der Waals surface area contributed by atoms with Crippen molar-refractivity contribution in [1.82, 2.24) is 0 Å². The third-order valence-corrected chi connectivity index (χ3v) is 6.51. The molecule has 0 fully saturated rings. The minimum atomic E-state index is 0. The second kappa shape index (κ2) is 12.5. The van der Waals surface area contributed by atoms with Gasteiger partial charge in [0.25, 0.3) is 0 Å². The van der Waals surface area contributed by atoms with E-state index in [1.54, 1.807) is 11.1 Å². The Morgan fingerprint density at radius 1 is 0.767 bits per heavy atom. The Hall–Kier alpha value is -0.496. The van der Waals surface area contributed by atoms with Crippen LogP contribution in [0.3, 0.4) is 0 Å². The van der Waals surface area contributed by atoms with Gasteiger partial charge in [-0.25, -0.2) is 0 Å². The number of hydrogen-bond acceptors (Lipinski definition) is 0. The van der Waals surface area contributed by atoms with Crippen molar-refractivity contribution >= 4 is 0 Å². The molecule has 160 valence electrons. The maximum atomic E-state index is 2.44. The minimum Gasteiger partial charge on any atom is -1.00 e. The van der Waals surface area contributed by atoms with Gasteiger partial charge in [-0.1, -0.05) is 0 Å². The van der Waals surface area contributed by atoms with Crippen molar-refractivity contribution in [1.29, 1.82) is 0 Å². The number of rotatable bonds is 5. The molecule has 0 saturated heterocycles. The first-order valence-corrected chi connectivity index (χ1v) is 10.9. The van der Waals surface area contributed by atoms with Crippen LogP contribution in [0.5, 0.6) is 0 Å². The molecule has 0 saturated carbocycles. The summed E-state index contributed by atoms with van der Waals surface area (Å²) in [6.07, 6.45) is 4.71. The summed E-state index contributed by atoms with van der Waals surface area (Å²) in [5.41, 5.74) is 11.5. The second-order valence-electron chi connectivity index (χ2n) is 8.35. The van der Waals surface area contributed by atoms with Gasteiger partial charge in [0.05, 0.1) is 0 Å². The molecule has 0 radical (unpaired) electrons. The second-order valence-corrected chi connectivity index (χ2v) is 9.19. The van der Waals surface area contributed by atoms with E-state index in [-0.39, 0.29) is 37.2 Å². The number of hydrogen-bond donors (Lipinski definition) is 0. The maximum Gasteiger partial charge on any atom is -1.00 e. The van der Waals surface area contributed by atoms with E-state index in [4.69, 9.17) is 0 Å². The fourth-order valence-electron chi connectivity index (χ4n) is 4.61. The summed E-state index contributed by atoms with van der Waals surface area (Å²) in [4.78, 5) is 0. The quantitative estimate of drug-likeness (QED) is 0.430. The molecule has 0 aliphatic heterocycles. The van der Waals surface area contributed by atoms with E-state index in [0.29, 0.717) is 11.8 Å². The summed E-state index contributed by atoms with van der Waals surface area (Å²) in [5, 5.41) is 0. The predicted molar refractivity (Wildman–Crippen MR) is 113 cm³/mol. The Labute approximate surface area is 213 Å². The van der Waals surface area contributed by atoms with Gasteiger partial charge >= 0.3 is 178 Å². The zero-order valence-electron chi connectivity index (χ0n) is 18.7. The topological polar surface area (TPSA) is 0 Å². The van der Waals surface area contributed by atoms with Crippen LogP contribution >= 0.6 is 0 Å². The van der Waals surface area contributed by atoms with Crippen LogP contribution in [0.25, 0.3) is 0 Å². The van der Waals surface area contributed by atoms with E-state index < -0.39 is 0 Å². The molecule has 0 bridgehead atoms. The number of benzene rings is 2. The standard InChI is InChI=1S/C26H31.3ClH.Ti/c1-7-21(6)24-9-8-10-25(24)26(22-13-17(2)11-18(3)14-22)23-15-19(4)12-20(5)16-23;;;;/h8,11-16,21,26H,7,10H2,1-6H3;3*1H;/q;;;;+3/p-3. The molecule has 3 rings (SSSR count). The monoisotopic (exact) mass is 496 g/mol. The Bertz CT molecular complexity index is 836. The number of halogens is 3. The molecule has 0 amide bonds. The summed E-state index contributed by atoms with van der Waals surface area (Å²) in [6.45, 7) is 13.6. The average molecular weight is 498 g/mol. The molecule has 0 N–H and O–H groups in total. The van der Waals surface area contributed by atoms with E-state index in [0.717, 1.165) is 6.42 Å². The molecular formula is C26H31Cl3Ti. The van der Waals surface area contributed by atoms with Gasteiger partial charge in [0, 0.05) is 0 Å². The molecule has 4 heteroatoms. The van der Waals surface area contributed by atoms with Crippen molar-refractivity contribution in [3.05, 3.63) is 90.9 Å². The fraction of sp³-hybridized carbons (Fsp3) is 0.385. The van der Waals surface area contributed by atoms with Crippen molar-refractivity contribution in [3.63, 3.8) is 0 Å². The summed E-state index contributed by atoms with van der Waals surface area (Å²) < 4.78 is 1.48. The van der Waals surface area contributed by atoms with Gasteiger partial charge in [-0.2, -0.15) is 0 Å². The average Bonchev–Trinajstić information content (AvgIpc) is 2.94. The zero-order chi connectivity index (χ0) is 19.7. The normalized spacial score (nSPS) is 14.0. The van der Waals surface area contributed by atoms with Crippen LogP contribution in [-0.4, -0.2) is 0 Å². The van der Waals surface area contributed by atoms with Crippen LogP contribution in [0.1, 0.15) is 66.0 Å². The van der Waals surface area contributed by atoms with Gasteiger partial charge in [-0.15, -0.1) is 0 Å². The molecular weight excluding hydrogens is 467 g/mol. The summed E-state index contributed by atoms with van der Waals surface area (Å²) >= 11 is 2.30. The molecule has 1 aliphatic rings. The van der Waals surface area contributed by atoms with E-state index in [1.807, 2.05) is 0 Å². The van der Waals surface area contributed by atoms with Crippen molar-refractivity contribution in [2.45, 2.75) is 60.3 Å². The predicted octanol–water partition coefficient (Wildman–Crippen LogP) is -1.76.